The Morgan fingerprint density at radius 3 is 2.46 bits per heavy atom. The van der Waals surface area contributed by atoms with Crippen LogP contribution >= 0.6 is 15.9 Å². The minimum atomic E-state index is 0.0869. The maximum Gasteiger partial charge on any atom is 0.236 e. The fourth-order valence-electron chi connectivity index (χ4n) is 2.40. The largest absolute Gasteiger partial charge is 0.338 e. The summed E-state index contributed by atoms with van der Waals surface area (Å²) in [6.45, 7) is 5.47. The Morgan fingerprint density at radius 2 is 2.15 bits per heavy atom. The third-order valence-corrected chi connectivity index (χ3v) is 4.36. The van der Waals surface area contributed by atoms with Crippen LogP contribution in [-0.2, 0) is 4.79 Å². The molecular weight excluding hydrogens is 230 g/mol. The number of amides is 1. The van der Waals surface area contributed by atoms with Gasteiger partial charge in [-0.05, 0) is 24.7 Å². The normalized spacial score (nSPS) is 37.8. The summed E-state index contributed by atoms with van der Waals surface area (Å²) >= 11 is 3.41. The Bertz CT molecular complexity index is 239. The number of carbonyl (C=O) groups excluding carboxylic acids is 1. The number of likely N-dealkylation sites (tertiary alicyclic amines) is 1. The van der Waals surface area contributed by atoms with Crippen molar-refractivity contribution in [3.63, 3.8) is 0 Å². The molecule has 0 spiro atoms. The van der Waals surface area contributed by atoms with Gasteiger partial charge in [-0.2, -0.15) is 0 Å². The predicted octanol–water partition coefficient (Wildman–Crippen LogP) is 2.17. The average Bonchev–Trinajstić information content (AvgIpc) is 2.35. The van der Waals surface area contributed by atoms with Crippen molar-refractivity contribution in [3.8, 4) is 0 Å². The molecule has 2 aliphatic rings. The lowest BCUT2D eigenvalue weighted by atomic mass is 9.66. The summed E-state index contributed by atoms with van der Waals surface area (Å²) in [5, 5.41) is 0. The third kappa shape index (κ3) is 1.41. The van der Waals surface area contributed by atoms with Crippen LogP contribution in [0.5, 0.6) is 0 Å². The summed E-state index contributed by atoms with van der Waals surface area (Å²) in [5.74, 6) is 0.303. The van der Waals surface area contributed by atoms with E-state index >= 15 is 0 Å². The van der Waals surface area contributed by atoms with Gasteiger partial charge in [0.1, 0.15) is 0 Å². The van der Waals surface area contributed by atoms with Crippen LogP contribution in [0, 0.1) is 5.41 Å². The van der Waals surface area contributed by atoms with E-state index in [0.717, 1.165) is 13.0 Å². The Balaban J connectivity index is 2.06. The molecule has 0 bridgehead atoms. The quantitative estimate of drug-likeness (QED) is 0.649. The minimum absolute atomic E-state index is 0.0869. The zero-order chi connectivity index (χ0) is 9.64. The van der Waals surface area contributed by atoms with Gasteiger partial charge >= 0.3 is 0 Å². The van der Waals surface area contributed by atoms with Crippen LogP contribution in [-0.4, -0.2) is 28.2 Å². The van der Waals surface area contributed by atoms with E-state index in [9.17, 15) is 4.79 Å². The van der Waals surface area contributed by atoms with E-state index in [-0.39, 0.29) is 4.83 Å². The van der Waals surface area contributed by atoms with Gasteiger partial charge < -0.3 is 4.90 Å². The first kappa shape index (κ1) is 9.50. The number of nitrogens with zero attached hydrogens (tertiary/aromatic N) is 1. The van der Waals surface area contributed by atoms with Gasteiger partial charge in [0, 0.05) is 12.6 Å². The van der Waals surface area contributed by atoms with E-state index in [1.54, 1.807) is 0 Å². The summed E-state index contributed by atoms with van der Waals surface area (Å²) in [6, 6.07) is 0.502. The second kappa shape index (κ2) is 2.97. The minimum Gasteiger partial charge on any atom is -0.338 e. The van der Waals surface area contributed by atoms with Gasteiger partial charge in [-0.3, -0.25) is 4.79 Å². The van der Waals surface area contributed by atoms with E-state index in [1.807, 2.05) is 0 Å². The smallest absolute Gasteiger partial charge is 0.236 e. The van der Waals surface area contributed by atoms with Crippen molar-refractivity contribution in [2.24, 2.45) is 5.41 Å². The van der Waals surface area contributed by atoms with Crippen LogP contribution in [0.1, 0.15) is 33.1 Å². The molecule has 2 rings (SSSR count). The van der Waals surface area contributed by atoms with Crippen molar-refractivity contribution in [1.82, 2.24) is 4.90 Å². The topological polar surface area (TPSA) is 20.3 Å². The number of carbonyl (C=O) groups is 1. The lowest BCUT2D eigenvalue weighted by molar-refractivity contribution is -0.135. The van der Waals surface area contributed by atoms with E-state index < -0.39 is 0 Å². The fourth-order valence-corrected chi connectivity index (χ4v) is 2.87. The summed E-state index contributed by atoms with van der Waals surface area (Å²) in [4.78, 5) is 13.9. The van der Waals surface area contributed by atoms with E-state index in [2.05, 4.69) is 34.7 Å². The maximum absolute atomic E-state index is 11.7. The molecule has 1 heterocycles. The van der Waals surface area contributed by atoms with Crippen LogP contribution in [0.25, 0.3) is 0 Å². The highest BCUT2D eigenvalue weighted by Gasteiger charge is 2.46. The molecule has 2 nitrogen and oxygen atoms in total. The average molecular weight is 246 g/mol. The molecule has 1 aliphatic heterocycles. The molecule has 0 radical (unpaired) electrons. The van der Waals surface area contributed by atoms with Gasteiger partial charge in [0.05, 0.1) is 4.83 Å². The SMILES string of the molecule is CC1(C)CCC1N1CCC(Br)C1=O. The molecule has 1 amide bonds. The molecule has 0 aromatic carbocycles. The van der Waals surface area contributed by atoms with Crippen LogP contribution in [0.3, 0.4) is 0 Å². The highest BCUT2D eigenvalue weighted by molar-refractivity contribution is 9.10. The van der Waals surface area contributed by atoms with E-state index in [4.69, 9.17) is 0 Å². The number of hydrogen-bond acceptors (Lipinski definition) is 1. The van der Waals surface area contributed by atoms with Gasteiger partial charge in [-0.15, -0.1) is 0 Å². The number of hydrogen-bond donors (Lipinski definition) is 0. The molecule has 0 aromatic heterocycles. The summed E-state index contributed by atoms with van der Waals surface area (Å²) in [6.07, 6.45) is 3.43. The van der Waals surface area contributed by atoms with Crippen molar-refractivity contribution < 1.29 is 4.79 Å². The first-order valence-electron chi connectivity index (χ1n) is 4.97. The molecule has 2 unspecified atom stereocenters. The Labute approximate surface area is 87.8 Å². The van der Waals surface area contributed by atoms with Crippen LogP contribution in [0.4, 0.5) is 0 Å². The highest BCUT2D eigenvalue weighted by Crippen LogP contribution is 2.45. The maximum atomic E-state index is 11.7. The second-order valence-corrected chi connectivity index (χ2v) is 5.94. The summed E-state index contributed by atoms with van der Waals surface area (Å²) in [5.41, 5.74) is 0.354. The van der Waals surface area contributed by atoms with Crippen molar-refractivity contribution in [2.45, 2.75) is 44.0 Å². The molecule has 74 valence electrons. The monoisotopic (exact) mass is 245 g/mol. The zero-order valence-corrected chi connectivity index (χ0v) is 9.80. The van der Waals surface area contributed by atoms with E-state index in [1.165, 1.54) is 12.8 Å². The Kier molecular flexibility index (Phi) is 2.17. The van der Waals surface area contributed by atoms with Crippen LogP contribution in [0.15, 0.2) is 0 Å². The predicted molar refractivity (Wildman–Crippen MR) is 55.8 cm³/mol. The van der Waals surface area contributed by atoms with Gasteiger partial charge in [-0.25, -0.2) is 0 Å². The van der Waals surface area contributed by atoms with Crippen molar-refractivity contribution in [3.05, 3.63) is 0 Å². The molecular formula is C10H16BrNO. The Hall–Kier alpha value is -0.0500. The first-order chi connectivity index (χ1) is 6.02. The van der Waals surface area contributed by atoms with Crippen molar-refractivity contribution in [2.75, 3.05) is 6.54 Å². The highest BCUT2D eigenvalue weighted by atomic mass is 79.9. The standard InChI is InChI=1S/C10H16BrNO/c1-10(2)5-3-8(10)12-6-4-7(11)9(12)13/h7-8H,3-6H2,1-2H3. The second-order valence-electron chi connectivity index (χ2n) is 4.83. The molecule has 3 heteroatoms. The zero-order valence-electron chi connectivity index (χ0n) is 8.22. The van der Waals surface area contributed by atoms with Crippen molar-refractivity contribution in [1.29, 1.82) is 0 Å². The fraction of sp³-hybridized carbons (Fsp3) is 0.900. The lowest BCUT2D eigenvalue weighted by Gasteiger charge is -2.49. The molecule has 1 aliphatic carbocycles. The lowest BCUT2D eigenvalue weighted by Crippen LogP contribution is -2.53. The van der Waals surface area contributed by atoms with Gasteiger partial charge in [0.2, 0.25) is 5.91 Å². The molecule has 13 heavy (non-hydrogen) atoms. The number of rotatable bonds is 1. The van der Waals surface area contributed by atoms with Gasteiger partial charge in [-0.1, -0.05) is 29.8 Å². The first-order valence-corrected chi connectivity index (χ1v) is 5.88. The Morgan fingerprint density at radius 1 is 1.46 bits per heavy atom. The number of halogens is 1. The number of alkyl halides is 1. The summed E-state index contributed by atoms with van der Waals surface area (Å²) < 4.78 is 0. The molecule has 0 N–H and O–H groups in total. The summed E-state index contributed by atoms with van der Waals surface area (Å²) in [7, 11) is 0. The van der Waals surface area contributed by atoms with E-state index in [0.29, 0.717) is 17.4 Å². The molecule has 2 fully saturated rings. The molecule has 2 atom stereocenters. The third-order valence-electron chi connectivity index (χ3n) is 3.51. The van der Waals surface area contributed by atoms with Crippen molar-refractivity contribution >= 4 is 21.8 Å². The molecule has 1 saturated carbocycles. The van der Waals surface area contributed by atoms with Crippen LogP contribution < -0.4 is 0 Å². The van der Waals surface area contributed by atoms with Gasteiger partial charge in [0.25, 0.3) is 0 Å². The molecule has 0 aromatic rings. The van der Waals surface area contributed by atoms with Gasteiger partial charge in [0.15, 0.2) is 0 Å². The van der Waals surface area contributed by atoms with Crippen LogP contribution in [0.2, 0.25) is 0 Å². The molecule has 1 saturated heterocycles.